The maximum absolute atomic E-state index is 10.1. The molecule has 0 spiro atoms. The van der Waals surface area contributed by atoms with Crippen LogP contribution in [0.2, 0.25) is 0 Å². The number of aryl methyl sites for hydroxylation is 1. The summed E-state index contributed by atoms with van der Waals surface area (Å²) in [6.07, 6.45) is 0. The van der Waals surface area contributed by atoms with Crippen LogP contribution in [0.5, 0.6) is 5.75 Å². The quantitative estimate of drug-likeness (QED) is 0.513. The number of phenols is 1. The lowest BCUT2D eigenvalue weighted by molar-refractivity contribution is 0.477. The zero-order chi connectivity index (χ0) is 14.4. The van der Waals surface area contributed by atoms with Gasteiger partial charge in [0.05, 0.1) is 0 Å². The van der Waals surface area contributed by atoms with Crippen LogP contribution in [-0.2, 0) is 0 Å². The van der Waals surface area contributed by atoms with Crippen molar-refractivity contribution in [3.05, 3.63) is 66.2 Å². The molecular formula is C19H14O2. The van der Waals surface area contributed by atoms with Gasteiger partial charge >= 0.3 is 0 Å². The third kappa shape index (κ3) is 1.88. The molecule has 0 unspecified atom stereocenters. The van der Waals surface area contributed by atoms with Crippen molar-refractivity contribution >= 4 is 21.9 Å². The monoisotopic (exact) mass is 274 g/mol. The molecule has 1 heterocycles. The Morgan fingerprint density at radius 3 is 2.52 bits per heavy atom. The minimum absolute atomic E-state index is 0.288. The van der Waals surface area contributed by atoms with Crippen molar-refractivity contribution in [1.82, 2.24) is 0 Å². The van der Waals surface area contributed by atoms with Crippen molar-refractivity contribution in [2.45, 2.75) is 6.92 Å². The van der Waals surface area contributed by atoms with E-state index in [0.29, 0.717) is 0 Å². The van der Waals surface area contributed by atoms with Gasteiger partial charge in [-0.3, -0.25) is 0 Å². The predicted molar refractivity (Wildman–Crippen MR) is 85.6 cm³/mol. The van der Waals surface area contributed by atoms with Gasteiger partial charge in [-0.15, -0.1) is 0 Å². The van der Waals surface area contributed by atoms with Gasteiger partial charge in [0.25, 0.3) is 0 Å². The Kier molecular flexibility index (Phi) is 2.51. The van der Waals surface area contributed by atoms with E-state index in [0.717, 1.165) is 38.6 Å². The molecule has 0 aliphatic rings. The van der Waals surface area contributed by atoms with Gasteiger partial charge in [-0.1, -0.05) is 35.9 Å². The number of aromatic hydroxyl groups is 1. The van der Waals surface area contributed by atoms with Crippen LogP contribution in [-0.4, -0.2) is 5.11 Å². The first-order valence-electron chi connectivity index (χ1n) is 6.94. The summed E-state index contributed by atoms with van der Waals surface area (Å²) >= 11 is 0. The minimum Gasteiger partial charge on any atom is -0.507 e. The first-order valence-corrected chi connectivity index (χ1v) is 6.94. The Hall–Kier alpha value is -2.74. The summed E-state index contributed by atoms with van der Waals surface area (Å²) in [5.41, 5.74) is 4.64. The molecule has 1 aromatic heterocycles. The Labute approximate surface area is 122 Å². The maximum atomic E-state index is 10.1. The average molecular weight is 274 g/mol. The molecule has 0 amide bonds. The Morgan fingerprint density at radius 1 is 0.810 bits per heavy atom. The van der Waals surface area contributed by atoms with Crippen molar-refractivity contribution in [2.24, 2.45) is 0 Å². The lowest BCUT2D eigenvalue weighted by Gasteiger charge is -2.06. The van der Waals surface area contributed by atoms with E-state index in [-0.39, 0.29) is 5.75 Å². The van der Waals surface area contributed by atoms with Gasteiger partial charge in [0.1, 0.15) is 16.9 Å². The van der Waals surface area contributed by atoms with Crippen LogP contribution < -0.4 is 0 Å². The van der Waals surface area contributed by atoms with E-state index in [1.807, 2.05) is 49.4 Å². The molecule has 1 N–H and O–H groups in total. The number of para-hydroxylation sites is 1. The molecule has 0 saturated heterocycles. The molecule has 0 atom stereocenters. The van der Waals surface area contributed by atoms with Gasteiger partial charge < -0.3 is 9.52 Å². The second-order valence-corrected chi connectivity index (χ2v) is 5.33. The summed E-state index contributed by atoms with van der Waals surface area (Å²) in [6.45, 7) is 2.02. The van der Waals surface area contributed by atoms with Gasteiger partial charge in [0, 0.05) is 16.3 Å². The van der Waals surface area contributed by atoms with E-state index in [4.69, 9.17) is 4.42 Å². The second kappa shape index (κ2) is 4.38. The van der Waals surface area contributed by atoms with Crippen LogP contribution in [0.3, 0.4) is 0 Å². The summed E-state index contributed by atoms with van der Waals surface area (Å²) in [5.74, 6) is 0.288. The molecule has 0 aliphatic heterocycles. The molecule has 4 aromatic rings. The van der Waals surface area contributed by atoms with Gasteiger partial charge in [0.15, 0.2) is 0 Å². The molecule has 3 aromatic carbocycles. The SMILES string of the molecule is Cc1ccc(O)c(-c2ccc3c(c2)oc2ccccc23)c1. The van der Waals surface area contributed by atoms with E-state index in [9.17, 15) is 5.11 Å². The van der Waals surface area contributed by atoms with Crippen LogP contribution in [0.15, 0.2) is 65.1 Å². The molecule has 0 aliphatic carbocycles. The highest BCUT2D eigenvalue weighted by Gasteiger charge is 2.10. The molecule has 0 fully saturated rings. The van der Waals surface area contributed by atoms with Gasteiger partial charge in [-0.2, -0.15) is 0 Å². The number of rotatable bonds is 1. The van der Waals surface area contributed by atoms with Crippen LogP contribution in [0.4, 0.5) is 0 Å². The summed E-state index contributed by atoms with van der Waals surface area (Å²) < 4.78 is 5.90. The molecule has 4 rings (SSSR count). The first-order chi connectivity index (χ1) is 10.2. The van der Waals surface area contributed by atoms with E-state index in [2.05, 4.69) is 12.1 Å². The molecule has 21 heavy (non-hydrogen) atoms. The zero-order valence-corrected chi connectivity index (χ0v) is 11.6. The topological polar surface area (TPSA) is 33.4 Å². The van der Waals surface area contributed by atoms with Crippen molar-refractivity contribution in [1.29, 1.82) is 0 Å². The van der Waals surface area contributed by atoms with Crippen molar-refractivity contribution in [3.63, 3.8) is 0 Å². The third-order valence-corrected chi connectivity index (χ3v) is 3.84. The minimum atomic E-state index is 0.288. The van der Waals surface area contributed by atoms with Gasteiger partial charge in [-0.05, 0) is 42.8 Å². The number of hydrogen-bond acceptors (Lipinski definition) is 2. The number of hydrogen-bond donors (Lipinski definition) is 1. The number of phenolic OH excluding ortho intramolecular Hbond substituents is 1. The Bertz CT molecular complexity index is 964. The highest BCUT2D eigenvalue weighted by Crippen LogP contribution is 2.35. The van der Waals surface area contributed by atoms with E-state index in [1.165, 1.54) is 0 Å². The highest BCUT2D eigenvalue weighted by atomic mass is 16.3. The molecule has 0 saturated carbocycles. The normalized spacial score (nSPS) is 11.3. The summed E-state index contributed by atoms with van der Waals surface area (Å²) in [7, 11) is 0. The second-order valence-electron chi connectivity index (χ2n) is 5.33. The van der Waals surface area contributed by atoms with Crippen LogP contribution in [0, 0.1) is 6.92 Å². The Balaban J connectivity index is 1.98. The average Bonchev–Trinajstić information content (AvgIpc) is 2.87. The standard InChI is InChI=1S/C19H14O2/c1-12-6-9-17(20)16(10-12)13-7-8-15-14-4-2-3-5-18(14)21-19(15)11-13/h2-11,20H,1H3. The molecule has 0 bridgehead atoms. The zero-order valence-electron chi connectivity index (χ0n) is 11.6. The molecule has 102 valence electrons. The molecule has 2 nitrogen and oxygen atoms in total. The van der Waals surface area contributed by atoms with Crippen molar-refractivity contribution < 1.29 is 9.52 Å². The smallest absolute Gasteiger partial charge is 0.136 e. The summed E-state index contributed by atoms with van der Waals surface area (Å²) in [4.78, 5) is 0. The fourth-order valence-electron chi connectivity index (χ4n) is 2.77. The highest BCUT2D eigenvalue weighted by molar-refractivity contribution is 6.05. The first kappa shape index (κ1) is 12.0. The maximum Gasteiger partial charge on any atom is 0.136 e. The van der Waals surface area contributed by atoms with E-state index < -0.39 is 0 Å². The van der Waals surface area contributed by atoms with Crippen LogP contribution in [0.1, 0.15) is 5.56 Å². The third-order valence-electron chi connectivity index (χ3n) is 3.84. The lowest BCUT2D eigenvalue weighted by Crippen LogP contribution is -1.81. The Morgan fingerprint density at radius 2 is 1.62 bits per heavy atom. The summed E-state index contributed by atoms with van der Waals surface area (Å²) in [6, 6.07) is 19.7. The number of fused-ring (bicyclic) bond motifs is 3. The van der Waals surface area contributed by atoms with Crippen LogP contribution in [0.25, 0.3) is 33.1 Å². The van der Waals surface area contributed by atoms with E-state index >= 15 is 0 Å². The fraction of sp³-hybridized carbons (Fsp3) is 0.0526. The molecule has 2 heteroatoms. The molecular weight excluding hydrogens is 260 g/mol. The number of benzene rings is 3. The van der Waals surface area contributed by atoms with Gasteiger partial charge in [0.2, 0.25) is 0 Å². The van der Waals surface area contributed by atoms with E-state index in [1.54, 1.807) is 6.07 Å². The summed E-state index contributed by atoms with van der Waals surface area (Å²) in [5, 5.41) is 12.3. The van der Waals surface area contributed by atoms with Crippen LogP contribution >= 0.6 is 0 Å². The fourth-order valence-corrected chi connectivity index (χ4v) is 2.77. The van der Waals surface area contributed by atoms with Crippen molar-refractivity contribution in [3.8, 4) is 16.9 Å². The van der Waals surface area contributed by atoms with Crippen molar-refractivity contribution in [2.75, 3.05) is 0 Å². The largest absolute Gasteiger partial charge is 0.507 e. The number of furan rings is 1. The predicted octanol–water partition coefficient (Wildman–Crippen LogP) is 5.27. The van der Waals surface area contributed by atoms with Gasteiger partial charge in [-0.25, -0.2) is 0 Å². The molecule has 0 radical (unpaired) electrons. The lowest BCUT2D eigenvalue weighted by atomic mass is 10.0.